The molecule has 0 saturated carbocycles. The van der Waals surface area contributed by atoms with Crippen molar-refractivity contribution in [2.24, 2.45) is 0 Å². The van der Waals surface area contributed by atoms with E-state index in [0.717, 1.165) is 6.26 Å². The van der Waals surface area contributed by atoms with Crippen LogP contribution in [0.4, 0.5) is 5.69 Å². The van der Waals surface area contributed by atoms with Crippen molar-refractivity contribution in [3.8, 4) is 0 Å². The highest BCUT2D eigenvalue weighted by atomic mass is 32.2. The van der Waals surface area contributed by atoms with Crippen LogP contribution in [0.2, 0.25) is 0 Å². The molecule has 19 heavy (non-hydrogen) atoms. The van der Waals surface area contributed by atoms with Gasteiger partial charge in [-0.3, -0.25) is 10.1 Å². The Kier molecular flexibility index (Phi) is 5.33. The van der Waals surface area contributed by atoms with Crippen molar-refractivity contribution in [2.75, 3.05) is 12.9 Å². The fourth-order valence-electron chi connectivity index (χ4n) is 1.53. The van der Waals surface area contributed by atoms with E-state index in [2.05, 4.69) is 0 Å². The zero-order valence-corrected chi connectivity index (χ0v) is 12.2. The number of nitro benzene ring substituents is 1. The number of aliphatic hydroxyl groups excluding tert-OH is 1. The molecule has 8 heteroatoms. The van der Waals surface area contributed by atoms with Crippen LogP contribution < -0.4 is 0 Å². The number of aliphatic hydroxyl groups is 1. The third kappa shape index (κ3) is 4.19. The van der Waals surface area contributed by atoms with Crippen molar-refractivity contribution in [1.82, 2.24) is 0 Å². The molecule has 1 aromatic carbocycles. The first-order chi connectivity index (χ1) is 8.77. The minimum atomic E-state index is -3.65. The van der Waals surface area contributed by atoms with Crippen LogP contribution in [0.15, 0.2) is 28.0 Å². The Morgan fingerprint density at radius 1 is 1.47 bits per heavy atom. The van der Waals surface area contributed by atoms with Gasteiger partial charge in [0.25, 0.3) is 0 Å². The summed E-state index contributed by atoms with van der Waals surface area (Å²) in [6, 6.07) is 4.23. The first kappa shape index (κ1) is 15.9. The second kappa shape index (κ2) is 6.36. The van der Waals surface area contributed by atoms with E-state index in [1.165, 1.54) is 30.0 Å². The predicted octanol–water partition coefficient (Wildman–Crippen LogP) is 1.86. The number of nitrogens with zero attached hydrogens (tertiary/aromatic N) is 1. The fourth-order valence-corrected chi connectivity index (χ4v) is 3.57. The maximum absolute atomic E-state index is 11.6. The summed E-state index contributed by atoms with van der Waals surface area (Å²) in [4.78, 5) is 10.5. The van der Waals surface area contributed by atoms with Gasteiger partial charge < -0.3 is 5.11 Å². The Balaban J connectivity index is 3.29. The van der Waals surface area contributed by atoms with Crippen molar-refractivity contribution in [3.63, 3.8) is 0 Å². The lowest BCUT2D eigenvalue weighted by molar-refractivity contribution is -0.390. The van der Waals surface area contributed by atoms with E-state index in [1.54, 1.807) is 0 Å². The standard InChI is InChI=1S/C11H15NO5S2/c1-8(6-7-13)18-9-4-3-5-10(19(2,16)17)11(9)12(14)15/h3-5,8,13H,6-7H2,1-2H3. The molecule has 0 saturated heterocycles. The van der Waals surface area contributed by atoms with E-state index < -0.39 is 14.8 Å². The molecule has 0 aliphatic heterocycles. The molecule has 0 bridgehead atoms. The van der Waals surface area contributed by atoms with Crippen molar-refractivity contribution < 1.29 is 18.4 Å². The topological polar surface area (TPSA) is 97.5 Å². The van der Waals surface area contributed by atoms with Gasteiger partial charge in [-0.25, -0.2) is 8.42 Å². The highest BCUT2D eigenvalue weighted by Gasteiger charge is 2.26. The number of nitro groups is 1. The molecule has 1 rings (SSSR count). The molecular weight excluding hydrogens is 290 g/mol. The normalized spacial score (nSPS) is 13.2. The van der Waals surface area contributed by atoms with Gasteiger partial charge in [0.2, 0.25) is 0 Å². The molecule has 0 spiro atoms. The Morgan fingerprint density at radius 2 is 2.11 bits per heavy atom. The summed E-state index contributed by atoms with van der Waals surface area (Å²) < 4.78 is 23.1. The molecule has 1 atom stereocenters. The Hall–Kier alpha value is -1.12. The van der Waals surface area contributed by atoms with Crippen LogP contribution in [0.3, 0.4) is 0 Å². The van der Waals surface area contributed by atoms with Gasteiger partial charge in [0.15, 0.2) is 9.84 Å². The van der Waals surface area contributed by atoms with Crippen molar-refractivity contribution in [2.45, 2.75) is 28.4 Å². The molecule has 1 aromatic rings. The molecule has 0 fully saturated rings. The summed E-state index contributed by atoms with van der Waals surface area (Å²) in [5, 5.41) is 19.9. The lowest BCUT2D eigenvalue weighted by Gasteiger charge is -2.11. The van der Waals surface area contributed by atoms with Gasteiger partial charge in [-0.1, -0.05) is 13.0 Å². The highest BCUT2D eigenvalue weighted by molar-refractivity contribution is 8.00. The number of thioether (sulfide) groups is 1. The van der Waals surface area contributed by atoms with Crippen LogP contribution in [0.5, 0.6) is 0 Å². The van der Waals surface area contributed by atoms with Gasteiger partial charge in [0.1, 0.15) is 4.90 Å². The monoisotopic (exact) mass is 305 g/mol. The summed E-state index contributed by atoms with van der Waals surface area (Å²) in [6.45, 7) is 1.80. The van der Waals surface area contributed by atoms with Crippen LogP contribution in [0.1, 0.15) is 13.3 Å². The Bertz CT molecular complexity index is 570. The third-order valence-corrected chi connectivity index (χ3v) is 4.76. The van der Waals surface area contributed by atoms with Gasteiger partial charge >= 0.3 is 5.69 Å². The van der Waals surface area contributed by atoms with Crippen LogP contribution >= 0.6 is 11.8 Å². The number of hydrogen-bond acceptors (Lipinski definition) is 6. The average molecular weight is 305 g/mol. The van der Waals surface area contributed by atoms with E-state index in [9.17, 15) is 18.5 Å². The van der Waals surface area contributed by atoms with Crippen molar-refractivity contribution in [3.05, 3.63) is 28.3 Å². The summed E-state index contributed by atoms with van der Waals surface area (Å²) >= 11 is 1.19. The van der Waals surface area contributed by atoms with Gasteiger partial charge in [-0.05, 0) is 18.6 Å². The van der Waals surface area contributed by atoms with Gasteiger partial charge in [0, 0.05) is 18.1 Å². The van der Waals surface area contributed by atoms with Crippen LogP contribution in [0.25, 0.3) is 0 Å². The molecular formula is C11H15NO5S2. The number of hydrogen-bond donors (Lipinski definition) is 1. The van der Waals surface area contributed by atoms with Gasteiger partial charge in [-0.15, -0.1) is 11.8 Å². The second-order valence-electron chi connectivity index (χ2n) is 4.07. The van der Waals surface area contributed by atoms with Crippen molar-refractivity contribution in [1.29, 1.82) is 0 Å². The minimum Gasteiger partial charge on any atom is -0.396 e. The first-order valence-corrected chi connectivity index (χ1v) is 8.29. The van der Waals surface area contributed by atoms with Crippen molar-refractivity contribution >= 4 is 27.3 Å². The zero-order valence-electron chi connectivity index (χ0n) is 10.6. The molecule has 0 aliphatic rings. The maximum atomic E-state index is 11.6. The first-order valence-electron chi connectivity index (χ1n) is 5.52. The van der Waals surface area contributed by atoms with Crippen LogP contribution in [-0.4, -0.2) is 36.6 Å². The average Bonchev–Trinajstić information content (AvgIpc) is 2.27. The van der Waals surface area contributed by atoms with Gasteiger partial charge in [-0.2, -0.15) is 0 Å². The number of rotatable bonds is 6. The lowest BCUT2D eigenvalue weighted by atomic mass is 10.3. The van der Waals surface area contributed by atoms with E-state index in [0.29, 0.717) is 11.3 Å². The van der Waals surface area contributed by atoms with E-state index >= 15 is 0 Å². The van der Waals surface area contributed by atoms with E-state index in [-0.39, 0.29) is 22.4 Å². The summed E-state index contributed by atoms with van der Waals surface area (Å²) in [5.74, 6) is 0. The van der Waals surface area contributed by atoms with E-state index in [4.69, 9.17) is 5.11 Å². The Labute approximate surface area is 115 Å². The van der Waals surface area contributed by atoms with E-state index in [1.807, 2.05) is 6.92 Å². The number of sulfone groups is 1. The molecule has 1 N–H and O–H groups in total. The molecule has 1 unspecified atom stereocenters. The number of benzene rings is 1. The van der Waals surface area contributed by atoms with Crippen LogP contribution in [0, 0.1) is 10.1 Å². The highest BCUT2D eigenvalue weighted by Crippen LogP contribution is 2.37. The zero-order chi connectivity index (χ0) is 14.6. The maximum Gasteiger partial charge on any atom is 0.301 e. The second-order valence-corrected chi connectivity index (χ2v) is 7.54. The third-order valence-electron chi connectivity index (χ3n) is 2.41. The van der Waals surface area contributed by atoms with Crippen LogP contribution in [-0.2, 0) is 9.84 Å². The molecule has 6 nitrogen and oxygen atoms in total. The molecule has 0 heterocycles. The summed E-state index contributed by atoms with van der Waals surface area (Å²) in [6.07, 6.45) is 1.42. The molecule has 0 aliphatic carbocycles. The Morgan fingerprint density at radius 3 is 2.58 bits per heavy atom. The van der Waals surface area contributed by atoms with Gasteiger partial charge in [0.05, 0.1) is 9.82 Å². The molecule has 0 aromatic heterocycles. The largest absolute Gasteiger partial charge is 0.396 e. The molecule has 0 amide bonds. The summed E-state index contributed by atoms with van der Waals surface area (Å²) in [5.41, 5.74) is -0.389. The summed E-state index contributed by atoms with van der Waals surface area (Å²) in [7, 11) is -3.65. The predicted molar refractivity (Wildman–Crippen MR) is 73.2 cm³/mol. The molecule has 106 valence electrons. The fraction of sp³-hybridized carbons (Fsp3) is 0.455. The minimum absolute atomic E-state index is 0.0201. The SMILES string of the molecule is CC(CCO)Sc1cccc(S(C)(=O)=O)c1[N+](=O)[O-]. The molecule has 0 radical (unpaired) electrons. The smallest absolute Gasteiger partial charge is 0.301 e. The quantitative estimate of drug-likeness (QED) is 0.489. The lowest BCUT2D eigenvalue weighted by Crippen LogP contribution is -2.05. The number of para-hydroxylation sites is 1.